The van der Waals surface area contributed by atoms with Crippen LogP contribution in [0.4, 0.5) is 5.69 Å². The number of benzene rings is 1. The zero-order valence-electron chi connectivity index (χ0n) is 17.0. The lowest BCUT2D eigenvalue weighted by molar-refractivity contribution is -0.134. The van der Waals surface area contributed by atoms with Gasteiger partial charge < -0.3 is 25.6 Å². The Kier molecular flexibility index (Phi) is 7.15. The number of ether oxygens (including phenoxy) is 1. The number of hydrogen-bond acceptors (Lipinski definition) is 6. The van der Waals surface area contributed by atoms with E-state index in [2.05, 4.69) is 10.2 Å². The first kappa shape index (κ1) is 21.8. The molecular formula is C20H30N4O4. The zero-order valence-corrected chi connectivity index (χ0v) is 17.0. The summed E-state index contributed by atoms with van der Waals surface area (Å²) in [6.07, 6.45) is -0.0362. The van der Waals surface area contributed by atoms with Gasteiger partial charge >= 0.3 is 5.97 Å². The zero-order chi connectivity index (χ0) is 20.9. The molecule has 0 unspecified atom stereocenters. The second kappa shape index (κ2) is 9.16. The molecule has 154 valence electrons. The van der Waals surface area contributed by atoms with E-state index >= 15 is 0 Å². The third-order valence-electron chi connectivity index (χ3n) is 4.37. The third kappa shape index (κ3) is 6.61. The van der Waals surface area contributed by atoms with Crippen LogP contribution in [0.25, 0.3) is 0 Å². The van der Waals surface area contributed by atoms with Gasteiger partial charge in [-0.15, -0.1) is 0 Å². The fraction of sp³-hybridized carbons (Fsp3) is 0.550. The van der Waals surface area contributed by atoms with Crippen molar-refractivity contribution in [2.24, 2.45) is 5.73 Å². The molecule has 1 heterocycles. The molecule has 1 aliphatic rings. The van der Waals surface area contributed by atoms with Crippen LogP contribution in [-0.4, -0.2) is 72.5 Å². The van der Waals surface area contributed by atoms with E-state index in [0.717, 1.165) is 13.1 Å². The molecule has 8 nitrogen and oxygen atoms in total. The van der Waals surface area contributed by atoms with Gasteiger partial charge in [0.15, 0.2) is 0 Å². The summed E-state index contributed by atoms with van der Waals surface area (Å²) in [6, 6.07) is 5.42. The number of piperazine rings is 1. The van der Waals surface area contributed by atoms with Crippen LogP contribution in [-0.2, 0) is 14.3 Å². The standard InChI is InChI=1S/C20H30N4O4/c1-20(2,3)28-19(27)14-5-7-15(8-6-14)22-18(26)16(21)13-17(25)24-11-9-23(4)10-12-24/h5-8,16H,9-13,21H2,1-4H3,(H,22,26)/t16-/m0/s1. The molecule has 0 aliphatic carbocycles. The highest BCUT2D eigenvalue weighted by molar-refractivity contribution is 5.98. The van der Waals surface area contributed by atoms with Gasteiger partial charge in [0, 0.05) is 31.9 Å². The van der Waals surface area contributed by atoms with Crippen molar-refractivity contribution < 1.29 is 19.1 Å². The van der Waals surface area contributed by atoms with E-state index in [1.165, 1.54) is 0 Å². The molecule has 2 rings (SSSR count). The first-order valence-electron chi connectivity index (χ1n) is 9.41. The van der Waals surface area contributed by atoms with Crippen molar-refractivity contribution in [3.63, 3.8) is 0 Å². The van der Waals surface area contributed by atoms with Gasteiger partial charge in [-0.2, -0.15) is 0 Å². The first-order chi connectivity index (χ1) is 13.0. The maximum absolute atomic E-state index is 12.3. The molecule has 1 atom stereocenters. The molecule has 1 saturated heterocycles. The highest BCUT2D eigenvalue weighted by atomic mass is 16.6. The monoisotopic (exact) mass is 390 g/mol. The second-order valence-corrected chi connectivity index (χ2v) is 8.06. The van der Waals surface area contributed by atoms with Crippen molar-refractivity contribution >= 4 is 23.5 Å². The molecule has 28 heavy (non-hydrogen) atoms. The average Bonchev–Trinajstić information content (AvgIpc) is 2.61. The molecule has 1 aromatic rings. The van der Waals surface area contributed by atoms with E-state index in [1.807, 2.05) is 7.05 Å². The van der Waals surface area contributed by atoms with Crippen LogP contribution >= 0.6 is 0 Å². The largest absolute Gasteiger partial charge is 0.456 e. The highest BCUT2D eigenvalue weighted by Gasteiger charge is 2.24. The van der Waals surface area contributed by atoms with Crippen LogP contribution in [0.3, 0.4) is 0 Å². The van der Waals surface area contributed by atoms with Crippen LogP contribution in [0, 0.1) is 0 Å². The van der Waals surface area contributed by atoms with E-state index in [9.17, 15) is 14.4 Å². The summed E-state index contributed by atoms with van der Waals surface area (Å²) < 4.78 is 5.30. The van der Waals surface area contributed by atoms with Gasteiger partial charge in [-0.25, -0.2) is 4.79 Å². The molecule has 1 fully saturated rings. The summed E-state index contributed by atoms with van der Waals surface area (Å²) in [6.45, 7) is 8.32. The quantitative estimate of drug-likeness (QED) is 0.729. The average molecular weight is 390 g/mol. The molecule has 0 spiro atoms. The van der Waals surface area contributed by atoms with E-state index in [0.29, 0.717) is 24.3 Å². The van der Waals surface area contributed by atoms with Gasteiger partial charge in [-0.3, -0.25) is 9.59 Å². The van der Waals surface area contributed by atoms with Crippen molar-refractivity contribution in [2.75, 3.05) is 38.5 Å². The van der Waals surface area contributed by atoms with Gasteiger partial charge in [0.05, 0.1) is 18.0 Å². The maximum atomic E-state index is 12.3. The van der Waals surface area contributed by atoms with Crippen LogP contribution in [0.15, 0.2) is 24.3 Å². The fourth-order valence-electron chi connectivity index (χ4n) is 2.73. The van der Waals surface area contributed by atoms with E-state index in [1.54, 1.807) is 49.9 Å². The molecule has 0 radical (unpaired) electrons. The van der Waals surface area contributed by atoms with Crippen molar-refractivity contribution in [3.05, 3.63) is 29.8 Å². The minimum atomic E-state index is -0.933. The number of likely N-dealkylation sites (N-methyl/N-ethyl adjacent to an activating group) is 1. The summed E-state index contributed by atoms with van der Waals surface area (Å²) in [4.78, 5) is 40.5. The lowest BCUT2D eigenvalue weighted by Gasteiger charge is -2.32. The summed E-state index contributed by atoms with van der Waals surface area (Å²) in [7, 11) is 2.01. The summed E-state index contributed by atoms with van der Waals surface area (Å²) in [5.74, 6) is -0.983. The first-order valence-corrected chi connectivity index (χ1v) is 9.41. The topological polar surface area (TPSA) is 105 Å². The van der Waals surface area contributed by atoms with Gasteiger partial charge in [0.2, 0.25) is 11.8 Å². The Morgan fingerprint density at radius 2 is 1.68 bits per heavy atom. The number of carbonyl (C=O) groups excluding carboxylic acids is 3. The van der Waals surface area contributed by atoms with Crippen LogP contribution in [0.2, 0.25) is 0 Å². The van der Waals surface area contributed by atoms with E-state index in [-0.39, 0.29) is 12.3 Å². The third-order valence-corrected chi connectivity index (χ3v) is 4.37. The van der Waals surface area contributed by atoms with Crippen molar-refractivity contribution in [1.29, 1.82) is 0 Å². The van der Waals surface area contributed by atoms with Gasteiger partial charge in [0.1, 0.15) is 5.60 Å². The number of hydrogen-bond donors (Lipinski definition) is 2. The fourth-order valence-corrected chi connectivity index (χ4v) is 2.73. The number of esters is 1. The Bertz CT molecular complexity index is 704. The number of nitrogens with one attached hydrogen (secondary N) is 1. The smallest absolute Gasteiger partial charge is 0.338 e. The Balaban J connectivity index is 1.86. The van der Waals surface area contributed by atoms with Gasteiger partial charge in [-0.05, 0) is 52.1 Å². The normalized spacial score (nSPS) is 16.4. The van der Waals surface area contributed by atoms with Crippen LogP contribution in [0.1, 0.15) is 37.6 Å². The molecular weight excluding hydrogens is 360 g/mol. The molecule has 8 heteroatoms. The SMILES string of the molecule is CN1CCN(C(=O)C[C@H](N)C(=O)Nc2ccc(C(=O)OC(C)(C)C)cc2)CC1. The maximum Gasteiger partial charge on any atom is 0.338 e. The van der Waals surface area contributed by atoms with Crippen molar-refractivity contribution in [3.8, 4) is 0 Å². The number of carbonyl (C=O) groups is 3. The number of amides is 2. The minimum absolute atomic E-state index is 0.0362. The minimum Gasteiger partial charge on any atom is -0.456 e. The van der Waals surface area contributed by atoms with Crippen molar-refractivity contribution in [2.45, 2.75) is 38.8 Å². The molecule has 0 aromatic heterocycles. The Morgan fingerprint density at radius 3 is 2.21 bits per heavy atom. The van der Waals surface area contributed by atoms with Gasteiger partial charge in [0.25, 0.3) is 0 Å². The Labute approximate surface area is 166 Å². The van der Waals surface area contributed by atoms with Gasteiger partial charge in [-0.1, -0.05) is 0 Å². The molecule has 0 bridgehead atoms. The predicted octanol–water partition coefficient (Wildman–Crippen LogP) is 1.07. The lowest BCUT2D eigenvalue weighted by atomic mass is 10.1. The number of rotatable bonds is 5. The summed E-state index contributed by atoms with van der Waals surface area (Å²) in [5, 5.41) is 2.68. The number of nitrogens with two attached hydrogens (primary N) is 1. The van der Waals surface area contributed by atoms with E-state index < -0.39 is 23.5 Å². The lowest BCUT2D eigenvalue weighted by Crippen LogP contribution is -2.49. The van der Waals surface area contributed by atoms with Crippen molar-refractivity contribution in [1.82, 2.24) is 9.80 Å². The predicted molar refractivity (Wildman–Crippen MR) is 107 cm³/mol. The Hall–Kier alpha value is -2.45. The molecule has 2 amide bonds. The molecule has 1 aliphatic heterocycles. The molecule has 1 aromatic carbocycles. The van der Waals surface area contributed by atoms with E-state index in [4.69, 9.17) is 10.5 Å². The molecule has 0 saturated carbocycles. The molecule has 3 N–H and O–H groups in total. The Morgan fingerprint density at radius 1 is 1.11 bits per heavy atom. The van der Waals surface area contributed by atoms with Crippen LogP contribution in [0.5, 0.6) is 0 Å². The number of nitrogens with zero attached hydrogens (tertiary/aromatic N) is 2. The summed E-state index contributed by atoms with van der Waals surface area (Å²) in [5.41, 5.74) is 6.22. The highest BCUT2D eigenvalue weighted by Crippen LogP contribution is 2.15. The number of anilines is 1. The van der Waals surface area contributed by atoms with Crippen LogP contribution < -0.4 is 11.1 Å². The second-order valence-electron chi connectivity index (χ2n) is 8.06. The summed E-state index contributed by atoms with van der Waals surface area (Å²) >= 11 is 0.